The van der Waals surface area contributed by atoms with Gasteiger partial charge in [-0.2, -0.15) is 4.39 Å². The van der Waals surface area contributed by atoms with Gasteiger partial charge < -0.3 is 4.74 Å². The lowest BCUT2D eigenvalue weighted by atomic mass is 9.69. The Hall–Kier alpha value is -1.45. The first-order chi connectivity index (χ1) is 16.5. The zero-order valence-corrected chi connectivity index (χ0v) is 21.6. The van der Waals surface area contributed by atoms with E-state index in [1.807, 2.05) is 0 Å². The summed E-state index contributed by atoms with van der Waals surface area (Å²) in [6.07, 6.45) is 18.9. The fourth-order valence-electron chi connectivity index (χ4n) is 6.31. The van der Waals surface area contributed by atoms with Crippen molar-refractivity contribution in [2.75, 3.05) is 0 Å². The van der Waals surface area contributed by atoms with Gasteiger partial charge in [0.05, 0.1) is 5.92 Å². The summed E-state index contributed by atoms with van der Waals surface area (Å²) in [5.74, 6) is -0.302. The third kappa shape index (κ3) is 7.78. The van der Waals surface area contributed by atoms with Crippen molar-refractivity contribution >= 4 is 5.97 Å². The van der Waals surface area contributed by atoms with Crippen molar-refractivity contribution in [2.45, 2.75) is 123 Å². The summed E-state index contributed by atoms with van der Waals surface area (Å²) >= 11 is 0. The van der Waals surface area contributed by atoms with Gasteiger partial charge >= 0.3 is 5.97 Å². The molecule has 3 rings (SSSR count). The number of carbonyl (C=O) groups excluding carboxylic acids is 1. The predicted octanol–water partition coefficient (Wildman–Crippen LogP) is 9.19. The summed E-state index contributed by atoms with van der Waals surface area (Å²) in [7, 11) is 0. The first-order valence-corrected chi connectivity index (χ1v) is 14.2. The van der Waals surface area contributed by atoms with Gasteiger partial charge in [-0.05, 0) is 80.8 Å². The molecule has 0 atom stereocenters. The number of hydrogen-bond donors (Lipinski definition) is 0. The van der Waals surface area contributed by atoms with E-state index in [4.69, 9.17) is 4.74 Å². The molecular formula is C30H46F2O2. The highest BCUT2D eigenvalue weighted by atomic mass is 19.2. The lowest BCUT2D eigenvalue weighted by molar-refractivity contribution is -0.140. The normalized spacial score (nSPS) is 25.3. The van der Waals surface area contributed by atoms with E-state index < -0.39 is 17.6 Å². The van der Waals surface area contributed by atoms with Crippen LogP contribution in [0.2, 0.25) is 0 Å². The lowest BCUT2D eigenvalue weighted by Gasteiger charge is -2.37. The summed E-state index contributed by atoms with van der Waals surface area (Å²) in [5, 5.41) is 0. The molecule has 192 valence electrons. The van der Waals surface area contributed by atoms with Crippen LogP contribution in [0.1, 0.15) is 122 Å². The van der Waals surface area contributed by atoms with Crippen molar-refractivity contribution in [2.24, 2.45) is 23.7 Å². The quantitative estimate of drug-likeness (QED) is 0.171. The molecule has 2 fully saturated rings. The molecular weight excluding hydrogens is 430 g/mol. The molecule has 0 aliphatic heterocycles. The lowest BCUT2D eigenvalue weighted by Crippen LogP contribution is -2.30. The van der Waals surface area contributed by atoms with Crippen LogP contribution in [0.15, 0.2) is 12.1 Å². The van der Waals surface area contributed by atoms with E-state index in [9.17, 15) is 13.6 Å². The zero-order chi connectivity index (χ0) is 24.3. The number of halogens is 2. The van der Waals surface area contributed by atoms with E-state index in [-0.39, 0.29) is 11.7 Å². The van der Waals surface area contributed by atoms with Crippen LogP contribution in [-0.2, 0) is 11.2 Å². The second kappa shape index (κ2) is 14.2. The van der Waals surface area contributed by atoms with Gasteiger partial charge in [0.25, 0.3) is 0 Å². The molecule has 0 radical (unpaired) electrons. The monoisotopic (exact) mass is 476 g/mol. The Morgan fingerprint density at radius 3 is 2.06 bits per heavy atom. The van der Waals surface area contributed by atoms with Gasteiger partial charge in [0.1, 0.15) is 0 Å². The first-order valence-electron chi connectivity index (χ1n) is 14.2. The Balaban J connectivity index is 1.43. The summed E-state index contributed by atoms with van der Waals surface area (Å²) in [5.41, 5.74) is 0.377. The summed E-state index contributed by atoms with van der Waals surface area (Å²) in [4.78, 5) is 12.7. The molecule has 2 aliphatic carbocycles. The molecule has 0 heterocycles. The highest BCUT2D eigenvalue weighted by Gasteiger charge is 2.34. The molecule has 1 aromatic rings. The molecule has 1 aromatic carbocycles. The minimum absolute atomic E-state index is 0.196. The molecule has 0 amide bonds. The number of hydrogen-bond acceptors (Lipinski definition) is 2. The molecule has 2 nitrogen and oxygen atoms in total. The van der Waals surface area contributed by atoms with Crippen molar-refractivity contribution in [3.05, 3.63) is 29.3 Å². The number of ether oxygens (including phenoxy) is 1. The molecule has 0 unspecified atom stereocenters. The third-order valence-electron chi connectivity index (χ3n) is 8.50. The van der Waals surface area contributed by atoms with E-state index >= 15 is 0 Å². The second-order valence-electron chi connectivity index (χ2n) is 11.0. The molecule has 34 heavy (non-hydrogen) atoms. The average molecular weight is 477 g/mol. The van der Waals surface area contributed by atoms with E-state index in [0.717, 1.165) is 56.8 Å². The average Bonchev–Trinajstić information content (AvgIpc) is 2.86. The Bertz CT molecular complexity index is 746. The fourth-order valence-corrected chi connectivity index (χ4v) is 6.31. The highest BCUT2D eigenvalue weighted by molar-refractivity contribution is 5.75. The topological polar surface area (TPSA) is 26.3 Å². The van der Waals surface area contributed by atoms with Crippen LogP contribution in [-0.4, -0.2) is 5.97 Å². The summed E-state index contributed by atoms with van der Waals surface area (Å²) < 4.78 is 34.5. The molecule has 0 saturated heterocycles. The van der Waals surface area contributed by atoms with Gasteiger partial charge in [-0.25, -0.2) is 4.39 Å². The smallest absolute Gasteiger partial charge is 0.314 e. The van der Waals surface area contributed by atoms with Gasteiger partial charge in [-0.1, -0.05) is 77.7 Å². The number of esters is 1. The number of aryl methyl sites for hydroxylation is 1. The predicted molar refractivity (Wildman–Crippen MR) is 135 cm³/mol. The Labute approximate surface area is 206 Å². The van der Waals surface area contributed by atoms with Crippen molar-refractivity contribution in [1.29, 1.82) is 0 Å². The van der Waals surface area contributed by atoms with Crippen molar-refractivity contribution in [3.8, 4) is 5.75 Å². The third-order valence-corrected chi connectivity index (χ3v) is 8.50. The molecule has 2 saturated carbocycles. The number of carbonyl (C=O) groups is 1. The van der Waals surface area contributed by atoms with E-state index in [1.165, 1.54) is 63.9 Å². The Morgan fingerprint density at radius 2 is 1.41 bits per heavy atom. The van der Waals surface area contributed by atoms with Gasteiger partial charge in [0.2, 0.25) is 5.82 Å². The van der Waals surface area contributed by atoms with Gasteiger partial charge in [-0.3, -0.25) is 4.79 Å². The fraction of sp³-hybridized carbons (Fsp3) is 0.767. The first kappa shape index (κ1) is 27.1. The Morgan fingerprint density at radius 1 is 0.794 bits per heavy atom. The van der Waals surface area contributed by atoms with Crippen molar-refractivity contribution in [3.63, 3.8) is 0 Å². The maximum Gasteiger partial charge on any atom is 0.314 e. The molecule has 4 heteroatoms. The number of unbranched alkanes of at least 4 members (excludes halogenated alkanes) is 5. The minimum atomic E-state index is -1.02. The number of benzene rings is 1. The maximum atomic E-state index is 14.6. The maximum absolute atomic E-state index is 14.6. The molecule has 0 aromatic heterocycles. The summed E-state index contributed by atoms with van der Waals surface area (Å²) in [6, 6.07) is 3.02. The van der Waals surface area contributed by atoms with Crippen molar-refractivity contribution < 1.29 is 18.3 Å². The van der Waals surface area contributed by atoms with E-state index in [2.05, 4.69) is 13.8 Å². The second-order valence-corrected chi connectivity index (χ2v) is 11.0. The van der Waals surface area contributed by atoms with Crippen LogP contribution >= 0.6 is 0 Å². The zero-order valence-electron chi connectivity index (χ0n) is 21.6. The van der Waals surface area contributed by atoms with Crippen LogP contribution in [0.3, 0.4) is 0 Å². The standard InChI is InChI=1S/C30H46F2O2/c1-3-5-6-7-8-9-11-25-20-21-27(29(32)28(25)31)34-30(33)26-18-16-24(17-19-26)23-14-12-22(10-4-2)13-15-23/h20-24,26H,3-19H2,1-2H3/t22-,23-,24-,26-. The Kier molecular flexibility index (Phi) is 11.3. The van der Waals surface area contributed by atoms with Gasteiger partial charge in [-0.15, -0.1) is 0 Å². The van der Waals surface area contributed by atoms with E-state index in [0.29, 0.717) is 17.9 Å². The van der Waals surface area contributed by atoms with Gasteiger partial charge in [0, 0.05) is 0 Å². The highest BCUT2D eigenvalue weighted by Crippen LogP contribution is 2.42. The van der Waals surface area contributed by atoms with E-state index in [1.54, 1.807) is 6.07 Å². The SMILES string of the molecule is CCCCCCCCc1ccc(OC(=O)[C@H]2CC[C@H]([C@H]3CC[C@H](CCC)CC3)CC2)c(F)c1F. The molecule has 0 spiro atoms. The van der Waals surface area contributed by atoms with Crippen LogP contribution < -0.4 is 4.74 Å². The summed E-state index contributed by atoms with van der Waals surface area (Å²) in [6.45, 7) is 4.45. The van der Waals surface area contributed by atoms with Crippen LogP contribution in [0.25, 0.3) is 0 Å². The van der Waals surface area contributed by atoms with Crippen molar-refractivity contribution in [1.82, 2.24) is 0 Å². The minimum Gasteiger partial charge on any atom is -0.423 e. The number of rotatable bonds is 12. The molecule has 2 aliphatic rings. The van der Waals surface area contributed by atoms with Crippen LogP contribution in [0.5, 0.6) is 5.75 Å². The largest absolute Gasteiger partial charge is 0.423 e. The van der Waals surface area contributed by atoms with Crippen LogP contribution in [0, 0.1) is 35.3 Å². The molecule has 0 bridgehead atoms. The van der Waals surface area contributed by atoms with Crippen LogP contribution in [0.4, 0.5) is 8.78 Å². The van der Waals surface area contributed by atoms with Gasteiger partial charge in [0.15, 0.2) is 11.6 Å². The molecule has 0 N–H and O–H groups in total.